The predicted octanol–water partition coefficient (Wildman–Crippen LogP) is 3.98. The van der Waals surface area contributed by atoms with Crippen LogP contribution in [0.15, 0.2) is 0 Å². The Morgan fingerprint density at radius 3 is 1.88 bits per heavy atom. The lowest BCUT2D eigenvalue weighted by molar-refractivity contribution is -0.118. The molecule has 0 saturated heterocycles. The molecule has 1 radical (unpaired) electrons. The van der Waals surface area contributed by atoms with Crippen LogP contribution in [0.2, 0.25) is 0 Å². The van der Waals surface area contributed by atoms with Gasteiger partial charge in [-0.2, -0.15) is 0 Å². The number of hydrogen-bond donors (Lipinski definition) is 0. The minimum atomic E-state index is -0.0168. The van der Waals surface area contributed by atoms with Crippen molar-refractivity contribution >= 4 is 12.1 Å². The second-order valence-electron chi connectivity index (χ2n) is 4.44. The number of ketones is 1. The molecule has 0 bridgehead atoms. The van der Waals surface area contributed by atoms with Crippen LogP contribution in [0.25, 0.3) is 0 Å². The van der Waals surface area contributed by atoms with E-state index in [1.165, 1.54) is 44.9 Å². The topological polar surface area (TPSA) is 34.1 Å². The van der Waals surface area contributed by atoms with Gasteiger partial charge in [-0.1, -0.05) is 58.3 Å². The van der Waals surface area contributed by atoms with Gasteiger partial charge in [0.15, 0.2) is 0 Å². The van der Waals surface area contributed by atoms with Crippen molar-refractivity contribution in [2.45, 2.75) is 77.6 Å². The third kappa shape index (κ3) is 11.4. The molecule has 0 fully saturated rings. The van der Waals surface area contributed by atoms with E-state index in [0.29, 0.717) is 6.42 Å². The summed E-state index contributed by atoms with van der Waals surface area (Å²) in [4.78, 5) is 20.9. The number of unbranched alkanes of at least 4 members (excludes halogenated alkanes) is 8. The molecular weight excluding hydrogens is 200 g/mol. The quantitative estimate of drug-likeness (QED) is 0.372. The molecule has 16 heavy (non-hydrogen) atoms. The molecule has 0 unspecified atom stereocenters. The smallest absolute Gasteiger partial charge is 0.206 e. The molecule has 0 aromatic carbocycles. The summed E-state index contributed by atoms with van der Waals surface area (Å²) in [5.41, 5.74) is 0. The third-order valence-electron chi connectivity index (χ3n) is 2.83. The SMILES string of the molecule is CCCCCCCCCCCC(=O)C[C]=O. The highest BCUT2D eigenvalue weighted by Crippen LogP contribution is 2.10. The molecule has 0 aromatic heterocycles. The normalized spacial score (nSPS) is 10.3. The van der Waals surface area contributed by atoms with Crippen molar-refractivity contribution in [3.63, 3.8) is 0 Å². The standard InChI is InChI=1S/C14H25O2/c1-2-3-4-5-6-7-8-9-10-11-14(16)12-13-15/h2-12H2,1H3. The molecule has 2 heteroatoms. The van der Waals surface area contributed by atoms with Crippen molar-refractivity contribution in [3.05, 3.63) is 0 Å². The summed E-state index contributed by atoms with van der Waals surface area (Å²) in [6, 6.07) is 0. The van der Waals surface area contributed by atoms with Crippen LogP contribution in [-0.4, -0.2) is 12.1 Å². The van der Waals surface area contributed by atoms with E-state index in [-0.39, 0.29) is 12.2 Å². The van der Waals surface area contributed by atoms with E-state index in [1.807, 2.05) is 0 Å². The molecule has 0 aliphatic carbocycles. The zero-order valence-electron chi connectivity index (χ0n) is 10.6. The summed E-state index contributed by atoms with van der Waals surface area (Å²) in [6.07, 6.45) is 13.5. The molecule has 0 heterocycles. The highest BCUT2D eigenvalue weighted by molar-refractivity contribution is 5.89. The Labute approximate surface area is 99.8 Å². The molecule has 0 N–H and O–H groups in total. The van der Waals surface area contributed by atoms with Crippen molar-refractivity contribution in [2.75, 3.05) is 0 Å². The first-order chi connectivity index (χ1) is 7.81. The van der Waals surface area contributed by atoms with Crippen molar-refractivity contribution in [2.24, 2.45) is 0 Å². The molecule has 0 aliphatic heterocycles. The molecule has 0 aliphatic rings. The first-order valence-electron chi connectivity index (χ1n) is 6.68. The highest BCUT2D eigenvalue weighted by Gasteiger charge is 2.00. The van der Waals surface area contributed by atoms with E-state index < -0.39 is 0 Å². The van der Waals surface area contributed by atoms with Gasteiger partial charge in [0, 0.05) is 6.42 Å². The molecule has 0 saturated carbocycles. The van der Waals surface area contributed by atoms with E-state index in [0.717, 1.165) is 12.8 Å². The third-order valence-corrected chi connectivity index (χ3v) is 2.83. The van der Waals surface area contributed by atoms with E-state index in [4.69, 9.17) is 0 Å². The van der Waals surface area contributed by atoms with Gasteiger partial charge in [-0.15, -0.1) is 0 Å². The van der Waals surface area contributed by atoms with Crippen molar-refractivity contribution < 1.29 is 9.59 Å². The van der Waals surface area contributed by atoms with Crippen LogP contribution in [0.4, 0.5) is 0 Å². The number of Topliss-reactive ketones (excluding diaryl/α,β-unsaturated/α-hetero) is 1. The van der Waals surface area contributed by atoms with Crippen LogP contribution >= 0.6 is 0 Å². The minimum absolute atomic E-state index is 0.0168. The lowest BCUT2D eigenvalue weighted by atomic mass is 10.1. The van der Waals surface area contributed by atoms with Gasteiger partial charge in [0.25, 0.3) is 0 Å². The molecule has 0 spiro atoms. The zero-order chi connectivity index (χ0) is 12.1. The van der Waals surface area contributed by atoms with Crippen LogP contribution in [0.5, 0.6) is 0 Å². The van der Waals surface area contributed by atoms with Crippen LogP contribution in [0, 0.1) is 0 Å². The van der Waals surface area contributed by atoms with Crippen LogP contribution in [0.1, 0.15) is 77.6 Å². The minimum Gasteiger partial charge on any atom is -0.299 e. The van der Waals surface area contributed by atoms with Gasteiger partial charge < -0.3 is 0 Å². The number of carbonyl (C=O) groups excluding carboxylic acids is 2. The fourth-order valence-corrected chi connectivity index (χ4v) is 1.80. The van der Waals surface area contributed by atoms with Crippen molar-refractivity contribution in [1.82, 2.24) is 0 Å². The predicted molar refractivity (Wildman–Crippen MR) is 67.2 cm³/mol. The molecule has 93 valence electrons. The number of hydrogen-bond acceptors (Lipinski definition) is 2. The van der Waals surface area contributed by atoms with E-state index in [2.05, 4.69) is 6.92 Å². The largest absolute Gasteiger partial charge is 0.299 e. The van der Waals surface area contributed by atoms with Crippen molar-refractivity contribution in [1.29, 1.82) is 0 Å². The molecular formula is C14H25O2. The number of carbonyl (C=O) groups is 1. The molecule has 0 aromatic rings. The Morgan fingerprint density at radius 2 is 1.38 bits per heavy atom. The lowest BCUT2D eigenvalue weighted by Gasteiger charge is -2.01. The van der Waals surface area contributed by atoms with Gasteiger partial charge >= 0.3 is 0 Å². The molecule has 0 atom stereocenters. The fraction of sp³-hybridized carbons (Fsp3) is 0.857. The lowest BCUT2D eigenvalue weighted by Crippen LogP contribution is -1.97. The van der Waals surface area contributed by atoms with E-state index >= 15 is 0 Å². The summed E-state index contributed by atoms with van der Waals surface area (Å²) in [6.45, 7) is 2.23. The Bertz CT molecular complexity index is 176. The van der Waals surface area contributed by atoms with E-state index in [9.17, 15) is 9.59 Å². The van der Waals surface area contributed by atoms with Gasteiger partial charge in [0.1, 0.15) is 5.78 Å². The van der Waals surface area contributed by atoms with Gasteiger partial charge in [-0.25, -0.2) is 0 Å². The first-order valence-corrected chi connectivity index (χ1v) is 6.68. The highest BCUT2D eigenvalue weighted by atomic mass is 16.1. The van der Waals surface area contributed by atoms with E-state index in [1.54, 1.807) is 6.29 Å². The fourth-order valence-electron chi connectivity index (χ4n) is 1.80. The second kappa shape index (κ2) is 12.4. The van der Waals surface area contributed by atoms with Crippen LogP contribution in [0.3, 0.4) is 0 Å². The molecule has 0 rings (SSSR count). The zero-order valence-corrected chi connectivity index (χ0v) is 10.6. The van der Waals surface area contributed by atoms with Gasteiger partial charge in [0.2, 0.25) is 6.29 Å². The average Bonchev–Trinajstić information content (AvgIpc) is 2.27. The number of rotatable bonds is 12. The maximum absolute atomic E-state index is 11.0. The second-order valence-corrected chi connectivity index (χ2v) is 4.44. The Kier molecular flexibility index (Phi) is 11.9. The summed E-state index contributed by atoms with van der Waals surface area (Å²) in [7, 11) is 0. The first kappa shape index (κ1) is 15.3. The van der Waals surface area contributed by atoms with Crippen LogP contribution < -0.4 is 0 Å². The maximum atomic E-state index is 11.0. The van der Waals surface area contributed by atoms with Gasteiger partial charge in [-0.05, 0) is 6.42 Å². The Hall–Kier alpha value is -0.660. The Balaban J connectivity index is 3.03. The summed E-state index contributed by atoms with van der Waals surface area (Å²) < 4.78 is 0. The summed E-state index contributed by atoms with van der Waals surface area (Å²) in [5, 5.41) is 0. The monoisotopic (exact) mass is 225 g/mol. The van der Waals surface area contributed by atoms with Gasteiger partial charge in [0.05, 0.1) is 6.42 Å². The maximum Gasteiger partial charge on any atom is 0.206 e. The summed E-state index contributed by atoms with van der Waals surface area (Å²) in [5.74, 6) is 0.0398. The summed E-state index contributed by atoms with van der Waals surface area (Å²) >= 11 is 0. The van der Waals surface area contributed by atoms with Crippen molar-refractivity contribution in [3.8, 4) is 0 Å². The average molecular weight is 225 g/mol. The molecule has 2 nitrogen and oxygen atoms in total. The van der Waals surface area contributed by atoms with Crippen LogP contribution in [-0.2, 0) is 9.59 Å². The Morgan fingerprint density at radius 1 is 0.875 bits per heavy atom. The molecule has 0 amide bonds. The van der Waals surface area contributed by atoms with Gasteiger partial charge in [-0.3, -0.25) is 9.59 Å².